The van der Waals surface area contributed by atoms with Crippen LogP contribution in [0.2, 0.25) is 0 Å². The van der Waals surface area contributed by atoms with Crippen LogP contribution in [-0.2, 0) is 4.79 Å². The van der Waals surface area contributed by atoms with Crippen LogP contribution in [0.5, 0.6) is 0 Å². The molecule has 1 aromatic carbocycles. The number of rotatable bonds is 5. The van der Waals surface area contributed by atoms with E-state index in [9.17, 15) is 4.79 Å². The molecule has 25 heavy (non-hydrogen) atoms. The van der Waals surface area contributed by atoms with Crippen molar-refractivity contribution in [1.82, 2.24) is 10.2 Å². The number of alkyl halides is 1. The molecule has 0 aliphatic heterocycles. The van der Waals surface area contributed by atoms with Crippen LogP contribution in [0.3, 0.4) is 0 Å². The first-order valence-corrected chi connectivity index (χ1v) is 10.4. The third-order valence-corrected chi connectivity index (χ3v) is 7.66. The lowest BCUT2D eigenvalue weighted by molar-refractivity contribution is -0.144. The molecule has 4 heteroatoms. The van der Waals surface area contributed by atoms with E-state index >= 15 is 0 Å². The lowest BCUT2D eigenvalue weighted by Crippen LogP contribution is -2.58. The molecule has 136 valence electrons. The van der Waals surface area contributed by atoms with Crippen molar-refractivity contribution in [3.05, 3.63) is 35.9 Å². The van der Waals surface area contributed by atoms with Crippen molar-refractivity contribution < 1.29 is 4.79 Å². The summed E-state index contributed by atoms with van der Waals surface area (Å²) in [6.45, 7) is 0.683. The molecule has 1 aromatic rings. The number of benzene rings is 1. The SMILES string of the molecule is CN(C)C(CNC(=O)C12CC3CC(CC(Br)(C3)C1)C2)c1ccccc1. The number of carbonyl (C=O) groups is 1. The van der Waals surface area contributed by atoms with E-state index in [2.05, 4.69) is 64.5 Å². The zero-order valence-corrected chi connectivity index (χ0v) is 16.9. The molecule has 4 fully saturated rings. The Balaban J connectivity index is 1.47. The Morgan fingerprint density at radius 1 is 1.20 bits per heavy atom. The van der Waals surface area contributed by atoms with Gasteiger partial charge in [-0.1, -0.05) is 46.3 Å². The van der Waals surface area contributed by atoms with Crippen LogP contribution in [0, 0.1) is 17.3 Å². The third-order valence-electron chi connectivity index (χ3n) is 6.74. The molecular weight excluding hydrogens is 376 g/mol. The van der Waals surface area contributed by atoms with E-state index in [0.717, 1.165) is 31.1 Å². The molecule has 5 rings (SSSR count). The van der Waals surface area contributed by atoms with Crippen molar-refractivity contribution in [3.8, 4) is 0 Å². The fourth-order valence-electron chi connectivity index (χ4n) is 6.07. The van der Waals surface area contributed by atoms with E-state index in [1.165, 1.54) is 24.8 Å². The lowest BCUT2D eigenvalue weighted by Gasteiger charge is -2.59. The molecule has 4 aliphatic rings. The fraction of sp³-hybridized carbons (Fsp3) is 0.667. The summed E-state index contributed by atoms with van der Waals surface area (Å²) in [4.78, 5) is 15.4. The van der Waals surface area contributed by atoms with Gasteiger partial charge in [-0.3, -0.25) is 4.79 Å². The normalized spacial score (nSPS) is 37.3. The van der Waals surface area contributed by atoms with Crippen molar-refractivity contribution in [3.63, 3.8) is 0 Å². The van der Waals surface area contributed by atoms with Gasteiger partial charge in [0, 0.05) is 10.9 Å². The lowest BCUT2D eigenvalue weighted by atomic mass is 9.49. The molecule has 1 N–H and O–H groups in total. The van der Waals surface area contributed by atoms with Gasteiger partial charge in [0.2, 0.25) is 5.91 Å². The zero-order chi connectivity index (χ0) is 17.7. The van der Waals surface area contributed by atoms with E-state index in [1.807, 2.05) is 6.07 Å². The predicted octanol–water partition coefficient (Wildman–Crippen LogP) is 4.14. The highest BCUT2D eigenvalue weighted by molar-refractivity contribution is 9.10. The van der Waals surface area contributed by atoms with Gasteiger partial charge in [-0.25, -0.2) is 0 Å². The van der Waals surface area contributed by atoms with Gasteiger partial charge in [0.1, 0.15) is 0 Å². The average Bonchev–Trinajstić information content (AvgIpc) is 2.53. The van der Waals surface area contributed by atoms with E-state index in [1.54, 1.807) is 0 Å². The summed E-state index contributed by atoms with van der Waals surface area (Å²) >= 11 is 4.01. The molecule has 0 aromatic heterocycles. The maximum atomic E-state index is 13.2. The van der Waals surface area contributed by atoms with Crippen molar-refractivity contribution in [2.45, 2.75) is 48.9 Å². The molecule has 4 saturated carbocycles. The summed E-state index contributed by atoms with van der Waals surface area (Å²) in [5.41, 5.74) is 1.14. The van der Waals surface area contributed by atoms with Crippen molar-refractivity contribution >= 4 is 21.8 Å². The van der Waals surface area contributed by atoms with Crippen LogP contribution < -0.4 is 5.32 Å². The Kier molecular flexibility index (Phi) is 4.48. The van der Waals surface area contributed by atoms with Crippen molar-refractivity contribution in [1.29, 1.82) is 0 Å². The number of hydrogen-bond acceptors (Lipinski definition) is 2. The number of hydrogen-bond donors (Lipinski definition) is 1. The number of nitrogens with one attached hydrogen (secondary N) is 1. The van der Waals surface area contributed by atoms with E-state index in [4.69, 9.17) is 0 Å². The minimum Gasteiger partial charge on any atom is -0.354 e. The largest absolute Gasteiger partial charge is 0.354 e. The van der Waals surface area contributed by atoms with Crippen LogP contribution in [-0.4, -0.2) is 35.8 Å². The topological polar surface area (TPSA) is 32.3 Å². The number of amides is 1. The fourth-order valence-corrected chi connectivity index (χ4v) is 7.52. The van der Waals surface area contributed by atoms with Gasteiger partial charge in [-0.15, -0.1) is 0 Å². The maximum absolute atomic E-state index is 13.2. The summed E-state index contributed by atoms with van der Waals surface area (Å²) in [6, 6.07) is 10.7. The highest BCUT2D eigenvalue weighted by Gasteiger charge is 2.59. The summed E-state index contributed by atoms with van der Waals surface area (Å²) in [5.74, 6) is 1.78. The molecule has 3 unspecified atom stereocenters. The summed E-state index contributed by atoms with van der Waals surface area (Å²) in [5, 5.41) is 3.34. The number of halogens is 1. The molecule has 0 spiro atoms. The Hall–Kier alpha value is -0.870. The number of nitrogens with zero attached hydrogens (tertiary/aromatic N) is 1. The van der Waals surface area contributed by atoms with Gasteiger partial charge in [0.15, 0.2) is 0 Å². The quantitative estimate of drug-likeness (QED) is 0.747. The van der Waals surface area contributed by atoms with Crippen LogP contribution in [0.25, 0.3) is 0 Å². The smallest absolute Gasteiger partial charge is 0.226 e. The van der Waals surface area contributed by atoms with Gasteiger partial charge in [-0.2, -0.15) is 0 Å². The van der Waals surface area contributed by atoms with Gasteiger partial charge in [-0.05, 0) is 70.0 Å². The second kappa shape index (κ2) is 6.38. The predicted molar refractivity (Wildman–Crippen MR) is 105 cm³/mol. The Morgan fingerprint density at radius 2 is 1.84 bits per heavy atom. The zero-order valence-electron chi connectivity index (χ0n) is 15.3. The van der Waals surface area contributed by atoms with Crippen molar-refractivity contribution in [2.24, 2.45) is 17.3 Å². The Morgan fingerprint density at radius 3 is 2.40 bits per heavy atom. The molecule has 0 radical (unpaired) electrons. The average molecular weight is 405 g/mol. The van der Waals surface area contributed by atoms with Crippen LogP contribution in [0.15, 0.2) is 30.3 Å². The van der Waals surface area contributed by atoms with Crippen LogP contribution in [0.4, 0.5) is 0 Å². The van der Waals surface area contributed by atoms with Gasteiger partial charge in [0.25, 0.3) is 0 Å². The monoisotopic (exact) mass is 404 g/mol. The first kappa shape index (κ1) is 17.5. The van der Waals surface area contributed by atoms with Crippen LogP contribution in [0.1, 0.15) is 50.1 Å². The van der Waals surface area contributed by atoms with Gasteiger partial charge < -0.3 is 10.2 Å². The second-order valence-electron chi connectivity index (χ2n) is 8.99. The maximum Gasteiger partial charge on any atom is 0.226 e. The molecule has 4 aliphatic carbocycles. The number of likely N-dealkylation sites (N-methyl/N-ethyl adjacent to an activating group) is 1. The molecular formula is C21H29BrN2O. The molecule has 4 bridgehead atoms. The van der Waals surface area contributed by atoms with E-state index in [-0.39, 0.29) is 15.8 Å². The number of carbonyl (C=O) groups excluding carboxylic acids is 1. The van der Waals surface area contributed by atoms with Crippen molar-refractivity contribution in [2.75, 3.05) is 20.6 Å². The Labute approximate surface area is 159 Å². The van der Waals surface area contributed by atoms with E-state index < -0.39 is 0 Å². The first-order chi connectivity index (χ1) is 11.9. The van der Waals surface area contributed by atoms with Crippen LogP contribution >= 0.6 is 15.9 Å². The summed E-state index contributed by atoms with van der Waals surface area (Å²) in [6.07, 6.45) is 7.09. The minimum atomic E-state index is -0.124. The Bertz CT molecular complexity index is 631. The highest BCUT2D eigenvalue weighted by Crippen LogP contribution is 2.64. The first-order valence-electron chi connectivity index (χ1n) is 9.58. The highest BCUT2D eigenvalue weighted by atomic mass is 79.9. The second-order valence-corrected chi connectivity index (χ2v) is 10.7. The standard InChI is InChI=1S/C21H29BrN2O/c1-24(2)18(17-6-4-3-5-7-17)13-23-19(25)20-9-15-8-16(10-20)12-21(22,11-15)14-20/h3-7,15-16,18H,8-14H2,1-2H3,(H,23,25). The van der Waals surface area contributed by atoms with Gasteiger partial charge in [0.05, 0.1) is 11.5 Å². The molecule has 0 saturated heterocycles. The molecule has 3 atom stereocenters. The van der Waals surface area contributed by atoms with Gasteiger partial charge >= 0.3 is 0 Å². The summed E-state index contributed by atoms with van der Waals surface area (Å²) < 4.78 is 0.231. The molecule has 1 amide bonds. The molecule has 0 heterocycles. The van der Waals surface area contributed by atoms with E-state index in [0.29, 0.717) is 12.5 Å². The third kappa shape index (κ3) is 3.28. The molecule has 3 nitrogen and oxygen atoms in total. The minimum absolute atomic E-state index is 0.124. The summed E-state index contributed by atoms with van der Waals surface area (Å²) in [7, 11) is 4.17.